The first kappa shape index (κ1) is 141. The number of carboxylic acid groups (broad SMARTS) is 1. The van der Waals surface area contributed by atoms with Gasteiger partial charge in [0.25, 0.3) is 17.7 Å². The summed E-state index contributed by atoms with van der Waals surface area (Å²) < 4.78 is 5.19. The van der Waals surface area contributed by atoms with E-state index in [0.717, 1.165) is 250 Å². The number of carbonyl (C=O) groups is 9. The Labute approximate surface area is 897 Å². The molecule has 5 saturated carbocycles. The Morgan fingerprint density at radius 1 is 0.333 bits per heavy atom. The number of fused-ring (bicyclic) bond motifs is 3. The Morgan fingerprint density at radius 2 is 0.553 bits per heavy atom. The molecule has 9 aromatic rings. The standard InChI is InChI=1S/2C32H39ClN2O3.C26H31ClN2O2.C6H10O2.2C5H10.3CHO.2CH4.5CH3.2Fe.Tc/c2*1-22-13-18-30-29(20-22)28(23(2)35(30)32(38)25-14-16-26(33)17-15-25)21-27(36)12-6-4-3-5-9-19-34-31(37)24-10-7-8-11-24;1-18-9-14-25-24(16-18)23(17-22(30)8-6-4-3-5-7-15-28)19(2)29(25)26(31)20-10-12-21(27)13-11-20;7-6(8)5-3-1-2-4-5;2*1-2-4-5-3-1;3*1-2;;;;;;;;;;/h2*13-18,20,24H,3-12,19,21H2,1-2H3,(H,34,37);9-14,16H,3-8,15,17,28H2,1-2H3;5H,1-4H2,(H,7,8);2*1-5H2;3*1H;2*1H4;5*1H3;;;/q;;;;;;3*-1;;;5*-1;2*+2;+4. The van der Waals surface area contributed by atoms with Crippen LogP contribution in [-0.4, -0.2) is 112 Å². The van der Waals surface area contributed by atoms with Gasteiger partial charge >= 0.3 is 60.2 Å². The number of aliphatic carboxylic acids is 1. The van der Waals surface area contributed by atoms with Gasteiger partial charge in [-0.2, -0.15) is 0 Å². The van der Waals surface area contributed by atoms with Crippen LogP contribution in [0.25, 0.3) is 32.7 Å². The molecule has 5 fully saturated rings. The van der Waals surface area contributed by atoms with Crippen molar-refractivity contribution in [2.75, 3.05) is 19.6 Å². The van der Waals surface area contributed by atoms with Crippen LogP contribution in [0, 0.1) is 96.4 Å². The zero-order valence-corrected chi connectivity index (χ0v) is 90.9. The molecule has 6 aromatic carbocycles. The van der Waals surface area contributed by atoms with Crippen LogP contribution in [0.2, 0.25) is 15.1 Å². The van der Waals surface area contributed by atoms with Crippen LogP contribution in [0.15, 0.2) is 127 Å². The monoisotopic (exact) mass is 2160 g/mol. The summed E-state index contributed by atoms with van der Waals surface area (Å²) in [5, 5.41) is 19.3. The number of unbranched alkanes of at least 4 members (excludes halogenated alkanes) is 12. The zero-order valence-electron chi connectivity index (χ0n) is 84.6. The summed E-state index contributed by atoms with van der Waals surface area (Å²) in [4.78, 5) is 136. The number of benzene rings is 6. The number of hydrogen-bond donors (Lipinski definition) is 4. The number of nitrogens with zero attached hydrogens (tertiary/aromatic N) is 3. The van der Waals surface area contributed by atoms with Gasteiger partial charge in [0, 0.05) is 128 Å². The van der Waals surface area contributed by atoms with E-state index in [1.807, 2.05) is 77.9 Å². The van der Waals surface area contributed by atoms with Gasteiger partial charge in [-0.25, -0.2) is 0 Å². The minimum Gasteiger partial charge on any atom is -0.545 e. The van der Waals surface area contributed by atoms with Gasteiger partial charge in [0.15, 0.2) is 0 Å². The average Bonchev–Trinajstić information content (AvgIpc) is 1.62. The maximum Gasteiger partial charge on any atom is 4.00 e. The van der Waals surface area contributed by atoms with Crippen LogP contribution >= 0.6 is 34.8 Å². The smallest absolute Gasteiger partial charge is 0.545 e. The normalized spacial score (nSPS) is 12.9. The molecule has 3 aromatic heterocycles. The molecule has 0 spiro atoms. The Bertz CT molecular complexity index is 4850. The first-order valence-electron chi connectivity index (χ1n) is 47.9. The average molecular weight is 2170 g/mol. The van der Waals surface area contributed by atoms with Crippen LogP contribution in [0.5, 0.6) is 0 Å². The predicted molar refractivity (Wildman–Crippen MR) is 578 cm³/mol. The fourth-order valence-corrected chi connectivity index (χ4v) is 18.6. The number of rotatable bonds is 35. The molecule has 25 heteroatoms. The van der Waals surface area contributed by atoms with Crippen molar-refractivity contribution in [2.24, 2.45) is 23.5 Å². The van der Waals surface area contributed by atoms with Gasteiger partial charge in [0.05, 0.1) is 22.5 Å². The van der Waals surface area contributed by atoms with Crippen molar-refractivity contribution in [1.29, 1.82) is 0 Å². The number of carboxylic acids is 1. The summed E-state index contributed by atoms with van der Waals surface area (Å²) >= 11 is 18.0. The molecule has 0 bridgehead atoms. The number of amides is 2. The van der Waals surface area contributed by atoms with Gasteiger partial charge in [0.1, 0.15) is 17.3 Å². The van der Waals surface area contributed by atoms with Gasteiger partial charge in [0.2, 0.25) is 11.8 Å². The van der Waals surface area contributed by atoms with E-state index in [0.29, 0.717) is 70.3 Å². The van der Waals surface area contributed by atoms with Crippen LogP contribution in [0.1, 0.15) is 353 Å². The number of nitrogens with one attached hydrogen (secondary N) is 2. The summed E-state index contributed by atoms with van der Waals surface area (Å²) in [7, 11) is 0. The molecule has 5 aliphatic carbocycles. The molecule has 0 saturated heterocycles. The number of halogens is 3. The molecule has 2 amide bonds. The van der Waals surface area contributed by atoms with E-state index in [2.05, 4.69) is 49.2 Å². The molecule has 141 heavy (non-hydrogen) atoms. The van der Waals surface area contributed by atoms with Crippen LogP contribution in [0.4, 0.5) is 0 Å². The third-order valence-corrected chi connectivity index (χ3v) is 26.4. The molecule has 781 valence electrons. The Morgan fingerprint density at radius 3 is 0.780 bits per heavy atom. The van der Waals surface area contributed by atoms with Gasteiger partial charge in [-0.15, -0.1) is 0 Å². The third-order valence-electron chi connectivity index (χ3n) is 25.7. The van der Waals surface area contributed by atoms with Crippen LogP contribution in [-0.2, 0) is 117 Å². The van der Waals surface area contributed by atoms with Crippen molar-refractivity contribution in [3.8, 4) is 0 Å². The van der Waals surface area contributed by atoms with Crippen molar-refractivity contribution in [3.63, 3.8) is 0 Å². The quantitative estimate of drug-likeness (QED) is 0.0124. The SMILES string of the molecule is C.C.C1CCCC1.C1CCCC1.Cc1ccc2c(c1)c(CC(=O)CCCCCCCN)c(C)n2C(=O)c1ccc(Cl)cc1.Cc1ccc2c(c1)c(CC(=O)CCCCCCCNC(=O)C1CCCC1)c(C)n2C(=O)c1ccc(Cl)cc1.Cc1ccc2c(c1)c(CC(=O)CCCCCCCNC(=O)C1CCCC1)c(C)n2C(=O)c1ccc(Cl)cc1.O=C(O)C1CCCC1.[CH-]=O.[CH-]=O.[CH-]=O.[CH3-].[CH3-].[CH3-].[CH3-].[CH3-].[Fe+2].[Fe+2].[Tc+4]. The topological polar surface area (TPSA) is 290 Å². The summed E-state index contributed by atoms with van der Waals surface area (Å²) in [6.07, 6.45) is 45.9. The number of aryl methyl sites for hydroxylation is 3. The molecule has 0 aliphatic heterocycles. The summed E-state index contributed by atoms with van der Waals surface area (Å²) in [5.41, 5.74) is 18.3. The number of hydrogen-bond acceptors (Lipinski definition) is 13. The van der Waals surface area contributed by atoms with E-state index < -0.39 is 5.97 Å². The Balaban J connectivity index is -0.000000567. The van der Waals surface area contributed by atoms with Crippen LogP contribution < -0.4 is 16.4 Å². The first-order valence-corrected chi connectivity index (χ1v) is 49.0. The molecule has 14 rings (SSSR count). The molecule has 1 radical (unpaired) electrons. The maximum atomic E-state index is 13.4. The van der Waals surface area contributed by atoms with E-state index >= 15 is 0 Å². The van der Waals surface area contributed by atoms with E-state index in [1.54, 1.807) is 86.5 Å². The molecule has 0 atom stereocenters. The predicted octanol–water partition coefficient (Wildman–Crippen LogP) is 28.6. The second kappa shape index (κ2) is 79.2. The van der Waals surface area contributed by atoms with Gasteiger partial charge in [-0.3, -0.25) is 77.2 Å². The molecular formula is C116H165Cl3Fe2N6O13Tc. The van der Waals surface area contributed by atoms with E-state index in [4.69, 9.17) is 60.0 Å². The van der Waals surface area contributed by atoms with Crippen molar-refractivity contribution < 1.29 is 117 Å². The molecule has 3 heterocycles. The zero-order chi connectivity index (χ0) is 95.6. The second-order valence-corrected chi connectivity index (χ2v) is 36.9. The number of nitrogens with two attached hydrogens (primary N) is 1. The van der Waals surface area contributed by atoms with E-state index in [9.17, 15) is 43.2 Å². The van der Waals surface area contributed by atoms with E-state index in [-0.39, 0.29) is 171 Å². The van der Waals surface area contributed by atoms with E-state index in [1.165, 1.54) is 89.9 Å². The summed E-state index contributed by atoms with van der Waals surface area (Å²) in [6.45, 7) is 23.9. The van der Waals surface area contributed by atoms with Crippen molar-refractivity contribution in [1.82, 2.24) is 24.3 Å². The fraction of sp³-hybridized carbons (Fsp3) is 0.491. The van der Waals surface area contributed by atoms with Crippen molar-refractivity contribution in [3.05, 3.63) is 247 Å². The largest absolute Gasteiger partial charge is 4.00 e. The minimum atomic E-state index is -0.609. The second-order valence-electron chi connectivity index (χ2n) is 35.6. The Kier molecular flexibility index (Phi) is 79.4. The minimum absolute atomic E-state index is 0. The van der Waals surface area contributed by atoms with Gasteiger partial charge in [-0.05, 0) is 251 Å². The number of ketones is 3. The van der Waals surface area contributed by atoms with Crippen LogP contribution in [0.3, 0.4) is 0 Å². The Hall–Kier alpha value is -8.10. The van der Waals surface area contributed by atoms with Gasteiger partial charge in [-0.1, -0.05) is 245 Å². The van der Waals surface area contributed by atoms with Crippen molar-refractivity contribution >= 4 is 141 Å². The number of Topliss-reactive ketones (excluding diaryl/α,β-unsaturated/α-hetero) is 3. The summed E-state index contributed by atoms with van der Waals surface area (Å²) in [6, 6.07) is 38.8. The third kappa shape index (κ3) is 46.9. The first-order chi connectivity index (χ1) is 63.4. The molecule has 5 N–H and O–H groups in total. The molecule has 19 nitrogen and oxygen atoms in total. The maximum absolute atomic E-state index is 13.4. The molecule has 5 aliphatic rings. The molecule has 0 unspecified atom stereocenters. The summed E-state index contributed by atoms with van der Waals surface area (Å²) in [5.74, 6) is 0.589. The van der Waals surface area contributed by atoms with Crippen molar-refractivity contribution in [2.45, 2.75) is 332 Å². The van der Waals surface area contributed by atoms with Gasteiger partial charge < -0.3 is 73.0 Å². The number of carbonyl (C=O) groups excluding carboxylic acids is 11. The molecular weight excluding hydrogens is 2000 g/mol. The fourth-order valence-electron chi connectivity index (χ4n) is 18.2. The number of aromatic nitrogens is 3.